The Hall–Kier alpha value is -2.95. The largest absolute Gasteiger partial charge is 0.483 e. The van der Waals surface area contributed by atoms with Gasteiger partial charge in [-0.2, -0.15) is 0 Å². The normalized spacial score (nSPS) is 10.4. The molecule has 2 aromatic carbocycles. The Morgan fingerprint density at radius 1 is 1.23 bits per heavy atom. The number of hydrogen-bond donors (Lipinski definition) is 1. The average Bonchev–Trinajstić information content (AvgIpc) is 2.54. The number of ether oxygens (including phenoxy) is 1. The molecule has 0 unspecified atom stereocenters. The van der Waals surface area contributed by atoms with Crippen LogP contribution in [0.1, 0.15) is 5.56 Å². The Labute approximate surface area is 128 Å². The molecule has 0 aliphatic rings. The summed E-state index contributed by atoms with van der Waals surface area (Å²) in [7, 11) is 0. The monoisotopic (exact) mass is 293 g/mol. The first-order valence-electron chi connectivity index (χ1n) is 6.90. The summed E-state index contributed by atoms with van der Waals surface area (Å²) in [6.45, 7) is 1.91. The van der Waals surface area contributed by atoms with Crippen LogP contribution in [0.2, 0.25) is 0 Å². The summed E-state index contributed by atoms with van der Waals surface area (Å²) in [5.41, 5.74) is 2.47. The summed E-state index contributed by atoms with van der Waals surface area (Å²) < 4.78 is 5.52. The van der Waals surface area contributed by atoms with Crippen LogP contribution in [0.15, 0.2) is 55.0 Å². The lowest BCUT2D eigenvalue weighted by Crippen LogP contribution is -2.20. The predicted molar refractivity (Wildman–Crippen MR) is 84.8 cm³/mol. The molecule has 5 nitrogen and oxygen atoms in total. The Kier molecular flexibility index (Phi) is 3.96. The molecule has 0 spiro atoms. The van der Waals surface area contributed by atoms with Gasteiger partial charge in [-0.05, 0) is 36.8 Å². The molecule has 0 fully saturated rings. The van der Waals surface area contributed by atoms with Crippen molar-refractivity contribution in [2.24, 2.45) is 0 Å². The van der Waals surface area contributed by atoms with Gasteiger partial charge >= 0.3 is 0 Å². The third-order valence-electron chi connectivity index (χ3n) is 3.24. The highest BCUT2D eigenvalue weighted by Crippen LogP contribution is 2.17. The molecule has 1 heterocycles. The van der Waals surface area contributed by atoms with Crippen molar-refractivity contribution in [2.45, 2.75) is 6.92 Å². The first-order chi connectivity index (χ1) is 10.7. The zero-order valence-electron chi connectivity index (χ0n) is 12.1. The number of aromatic nitrogens is 2. The number of rotatable bonds is 4. The number of benzene rings is 2. The van der Waals surface area contributed by atoms with Gasteiger partial charge in [-0.25, -0.2) is 9.97 Å². The van der Waals surface area contributed by atoms with Crippen molar-refractivity contribution in [2.75, 3.05) is 11.9 Å². The summed E-state index contributed by atoms with van der Waals surface area (Å²) >= 11 is 0. The Bertz CT molecular complexity index is 818. The number of hydrogen-bond acceptors (Lipinski definition) is 4. The molecule has 3 rings (SSSR count). The van der Waals surface area contributed by atoms with E-state index in [1.54, 1.807) is 6.20 Å². The van der Waals surface area contributed by atoms with E-state index < -0.39 is 0 Å². The fourth-order valence-electron chi connectivity index (χ4n) is 2.11. The molecule has 5 heteroatoms. The third-order valence-corrected chi connectivity index (χ3v) is 3.24. The zero-order valence-corrected chi connectivity index (χ0v) is 12.1. The van der Waals surface area contributed by atoms with Crippen molar-refractivity contribution >= 4 is 22.5 Å². The van der Waals surface area contributed by atoms with Crippen molar-refractivity contribution in [3.05, 3.63) is 60.6 Å². The quantitative estimate of drug-likeness (QED) is 0.803. The van der Waals surface area contributed by atoms with E-state index in [0.717, 1.165) is 16.5 Å². The van der Waals surface area contributed by atoms with Gasteiger partial charge in [0.25, 0.3) is 5.91 Å². The molecule has 1 N–H and O–H groups in total. The fraction of sp³-hybridized carbons (Fsp3) is 0.118. The van der Waals surface area contributed by atoms with Crippen LogP contribution in [0.25, 0.3) is 10.9 Å². The second-order valence-electron chi connectivity index (χ2n) is 4.90. The number of nitrogens with zero attached hydrogens (tertiary/aromatic N) is 2. The van der Waals surface area contributed by atoms with E-state index in [1.165, 1.54) is 6.33 Å². The molecule has 0 radical (unpaired) electrons. The molecule has 0 saturated carbocycles. The second-order valence-corrected chi connectivity index (χ2v) is 4.90. The first kappa shape index (κ1) is 14.0. The van der Waals surface area contributed by atoms with E-state index in [1.807, 2.05) is 49.4 Å². The van der Waals surface area contributed by atoms with Gasteiger partial charge in [0.2, 0.25) is 0 Å². The molecular formula is C17H15N3O2. The number of aryl methyl sites for hydroxylation is 1. The topological polar surface area (TPSA) is 64.1 Å². The van der Waals surface area contributed by atoms with Crippen LogP contribution in [0.5, 0.6) is 5.75 Å². The summed E-state index contributed by atoms with van der Waals surface area (Å²) in [5.74, 6) is 0.501. The molecule has 0 atom stereocenters. The van der Waals surface area contributed by atoms with Crippen molar-refractivity contribution in [1.82, 2.24) is 9.97 Å². The highest BCUT2D eigenvalue weighted by atomic mass is 16.5. The minimum atomic E-state index is -0.211. The van der Waals surface area contributed by atoms with Crippen LogP contribution in [0.3, 0.4) is 0 Å². The molecule has 1 aromatic heterocycles. The second kappa shape index (κ2) is 6.22. The van der Waals surface area contributed by atoms with E-state index >= 15 is 0 Å². The Morgan fingerprint density at radius 3 is 2.95 bits per heavy atom. The summed E-state index contributed by atoms with van der Waals surface area (Å²) in [6.07, 6.45) is 3.21. The van der Waals surface area contributed by atoms with Crippen molar-refractivity contribution in [1.29, 1.82) is 0 Å². The fourth-order valence-corrected chi connectivity index (χ4v) is 2.11. The van der Waals surface area contributed by atoms with Gasteiger partial charge in [-0.3, -0.25) is 4.79 Å². The zero-order chi connectivity index (χ0) is 15.4. The molecular weight excluding hydrogens is 278 g/mol. The van der Waals surface area contributed by atoms with E-state index in [-0.39, 0.29) is 12.5 Å². The van der Waals surface area contributed by atoms with E-state index in [9.17, 15) is 4.79 Å². The van der Waals surface area contributed by atoms with Crippen LogP contribution in [0.4, 0.5) is 5.69 Å². The maximum Gasteiger partial charge on any atom is 0.262 e. The van der Waals surface area contributed by atoms with Gasteiger partial charge in [-0.1, -0.05) is 18.2 Å². The average molecular weight is 293 g/mol. The summed E-state index contributed by atoms with van der Waals surface area (Å²) in [5, 5.41) is 3.73. The maximum atomic E-state index is 12.0. The molecule has 0 aliphatic carbocycles. The summed E-state index contributed by atoms with van der Waals surface area (Å²) in [6, 6.07) is 13.1. The molecule has 0 bridgehead atoms. The van der Waals surface area contributed by atoms with Gasteiger partial charge in [0, 0.05) is 17.3 Å². The Balaban J connectivity index is 1.64. The van der Waals surface area contributed by atoms with Crippen LogP contribution >= 0.6 is 0 Å². The van der Waals surface area contributed by atoms with Crippen LogP contribution in [0, 0.1) is 6.92 Å². The van der Waals surface area contributed by atoms with Gasteiger partial charge in [0.15, 0.2) is 6.61 Å². The summed E-state index contributed by atoms with van der Waals surface area (Å²) in [4.78, 5) is 20.1. The number of para-hydroxylation sites is 1. The van der Waals surface area contributed by atoms with Crippen LogP contribution < -0.4 is 10.1 Å². The van der Waals surface area contributed by atoms with Crippen LogP contribution in [-0.2, 0) is 4.79 Å². The SMILES string of the molecule is Cc1ccccc1OCC(=O)Nc1ccc2cncnc2c1. The van der Waals surface area contributed by atoms with Gasteiger partial charge in [0.1, 0.15) is 12.1 Å². The number of amides is 1. The lowest BCUT2D eigenvalue weighted by molar-refractivity contribution is -0.118. The molecule has 0 saturated heterocycles. The van der Waals surface area contributed by atoms with Gasteiger partial charge in [0.05, 0.1) is 5.52 Å². The number of anilines is 1. The van der Waals surface area contributed by atoms with Crippen molar-refractivity contribution in [3.8, 4) is 5.75 Å². The third kappa shape index (κ3) is 3.20. The number of carbonyl (C=O) groups excluding carboxylic acids is 1. The molecule has 0 aliphatic heterocycles. The van der Waals surface area contributed by atoms with E-state index in [2.05, 4.69) is 15.3 Å². The van der Waals surface area contributed by atoms with Crippen LogP contribution in [-0.4, -0.2) is 22.5 Å². The predicted octanol–water partition coefficient (Wildman–Crippen LogP) is 2.96. The number of nitrogens with one attached hydrogen (secondary N) is 1. The standard InChI is InChI=1S/C17H15N3O2/c1-12-4-2-3-5-16(12)22-10-17(21)20-14-7-6-13-9-18-11-19-15(13)8-14/h2-9,11H,10H2,1H3,(H,20,21). The van der Waals surface area contributed by atoms with E-state index in [0.29, 0.717) is 11.4 Å². The lowest BCUT2D eigenvalue weighted by Gasteiger charge is -2.09. The van der Waals surface area contributed by atoms with Crippen molar-refractivity contribution in [3.63, 3.8) is 0 Å². The number of fused-ring (bicyclic) bond motifs is 1. The first-order valence-corrected chi connectivity index (χ1v) is 6.90. The Morgan fingerprint density at radius 2 is 2.09 bits per heavy atom. The smallest absolute Gasteiger partial charge is 0.262 e. The minimum Gasteiger partial charge on any atom is -0.483 e. The molecule has 110 valence electrons. The maximum absolute atomic E-state index is 12.0. The van der Waals surface area contributed by atoms with Crippen molar-refractivity contribution < 1.29 is 9.53 Å². The number of carbonyl (C=O) groups is 1. The highest BCUT2D eigenvalue weighted by molar-refractivity contribution is 5.94. The van der Waals surface area contributed by atoms with Gasteiger partial charge < -0.3 is 10.1 Å². The molecule has 22 heavy (non-hydrogen) atoms. The molecule has 1 amide bonds. The minimum absolute atomic E-state index is 0.0351. The lowest BCUT2D eigenvalue weighted by atomic mass is 10.2. The highest BCUT2D eigenvalue weighted by Gasteiger charge is 2.06. The van der Waals surface area contributed by atoms with Gasteiger partial charge in [-0.15, -0.1) is 0 Å². The van der Waals surface area contributed by atoms with E-state index in [4.69, 9.17) is 4.74 Å². The molecule has 3 aromatic rings.